The lowest BCUT2D eigenvalue weighted by atomic mass is 10.0. The number of hydrogen-bond donors (Lipinski definition) is 2. The van der Waals surface area contributed by atoms with Crippen LogP contribution in [0.2, 0.25) is 0 Å². The van der Waals surface area contributed by atoms with Crippen molar-refractivity contribution in [1.29, 1.82) is 0 Å². The molecule has 0 aromatic rings. The van der Waals surface area contributed by atoms with Crippen LogP contribution in [0.25, 0.3) is 0 Å². The first-order valence-corrected chi connectivity index (χ1v) is 8.16. The molecule has 0 aromatic carbocycles. The molecular weight excluding hydrogens is 260 g/mol. The first-order chi connectivity index (χ1) is 8.68. The largest absolute Gasteiger partial charge is 0.444 e. The number of ether oxygens (including phenoxy) is 1. The lowest BCUT2D eigenvalue weighted by molar-refractivity contribution is 0.0470. The molecule has 0 aromatic heterocycles. The van der Waals surface area contributed by atoms with Crippen molar-refractivity contribution in [2.24, 2.45) is 0 Å². The lowest BCUT2D eigenvalue weighted by Crippen LogP contribution is -2.53. The molecule has 4 nitrogen and oxygen atoms in total. The molecule has 1 aliphatic rings. The molecule has 1 fully saturated rings. The molecule has 1 aliphatic heterocycles. The molecule has 0 atom stereocenters. The van der Waals surface area contributed by atoms with Crippen molar-refractivity contribution in [3.63, 3.8) is 0 Å². The maximum atomic E-state index is 11.8. The molecule has 1 heterocycles. The molecule has 0 spiro atoms. The van der Waals surface area contributed by atoms with E-state index in [1.807, 2.05) is 46.4 Å². The van der Waals surface area contributed by atoms with Gasteiger partial charge in [-0.15, -0.1) is 0 Å². The predicted molar refractivity (Wildman–Crippen MR) is 81.8 cm³/mol. The van der Waals surface area contributed by atoms with Crippen molar-refractivity contribution < 1.29 is 9.53 Å². The van der Waals surface area contributed by atoms with Crippen molar-refractivity contribution in [2.75, 3.05) is 18.1 Å². The number of carbonyl (C=O) groups is 1. The Morgan fingerprint density at radius 2 is 1.79 bits per heavy atom. The molecule has 0 saturated carbocycles. The molecule has 112 valence electrons. The molecule has 0 bridgehead atoms. The number of nitrogens with one attached hydrogen (secondary N) is 2. The molecule has 1 amide bonds. The highest BCUT2D eigenvalue weighted by Crippen LogP contribution is 2.17. The third-order valence-corrected chi connectivity index (χ3v) is 3.94. The minimum Gasteiger partial charge on any atom is -0.444 e. The summed E-state index contributed by atoms with van der Waals surface area (Å²) in [5, 5.41) is 6.47. The van der Waals surface area contributed by atoms with Crippen molar-refractivity contribution in [2.45, 2.75) is 64.6 Å². The van der Waals surface area contributed by atoms with Gasteiger partial charge in [0.15, 0.2) is 0 Å². The van der Waals surface area contributed by atoms with Crippen LogP contribution in [-0.2, 0) is 4.74 Å². The van der Waals surface area contributed by atoms with Gasteiger partial charge >= 0.3 is 6.09 Å². The van der Waals surface area contributed by atoms with E-state index in [0.717, 1.165) is 6.54 Å². The second-order valence-electron chi connectivity index (χ2n) is 6.78. The summed E-state index contributed by atoms with van der Waals surface area (Å²) in [7, 11) is 0. The fourth-order valence-corrected chi connectivity index (χ4v) is 3.03. The molecule has 19 heavy (non-hydrogen) atoms. The van der Waals surface area contributed by atoms with Gasteiger partial charge in [-0.25, -0.2) is 4.79 Å². The Labute approximate surface area is 121 Å². The van der Waals surface area contributed by atoms with E-state index in [4.69, 9.17) is 4.74 Å². The smallest absolute Gasteiger partial charge is 0.408 e. The van der Waals surface area contributed by atoms with Crippen molar-refractivity contribution >= 4 is 17.9 Å². The van der Waals surface area contributed by atoms with Gasteiger partial charge in [-0.2, -0.15) is 11.8 Å². The third-order valence-electron chi connectivity index (χ3n) is 2.89. The molecule has 0 unspecified atom stereocenters. The Morgan fingerprint density at radius 3 is 2.32 bits per heavy atom. The van der Waals surface area contributed by atoms with E-state index in [2.05, 4.69) is 10.6 Å². The van der Waals surface area contributed by atoms with Gasteiger partial charge < -0.3 is 15.4 Å². The number of alkyl carbamates (subject to hydrolysis) is 1. The zero-order chi connectivity index (χ0) is 14.5. The molecule has 5 heteroatoms. The number of thioether (sulfide) groups is 1. The van der Waals surface area contributed by atoms with Gasteiger partial charge in [0.2, 0.25) is 0 Å². The maximum absolute atomic E-state index is 11.8. The summed E-state index contributed by atoms with van der Waals surface area (Å²) < 4.78 is 5.28. The standard InChI is InChI=1S/C14H28N2O2S/c1-13(2,3)18-12(17)16-14(4,5)10-15-11-6-8-19-9-7-11/h11,15H,6-10H2,1-5H3,(H,16,17). The summed E-state index contributed by atoms with van der Waals surface area (Å²) in [6.07, 6.45) is 2.08. The second-order valence-corrected chi connectivity index (χ2v) is 8.00. The summed E-state index contributed by atoms with van der Waals surface area (Å²) in [6.45, 7) is 10.4. The van der Waals surface area contributed by atoms with Gasteiger partial charge in [0, 0.05) is 12.6 Å². The minimum atomic E-state index is -0.450. The number of rotatable bonds is 4. The van der Waals surface area contributed by atoms with E-state index in [0.29, 0.717) is 6.04 Å². The maximum Gasteiger partial charge on any atom is 0.408 e. The average Bonchev–Trinajstić information content (AvgIpc) is 2.24. The van der Waals surface area contributed by atoms with Gasteiger partial charge in [-0.1, -0.05) is 0 Å². The van der Waals surface area contributed by atoms with Crippen molar-refractivity contribution in [3.8, 4) is 0 Å². The fourth-order valence-electron chi connectivity index (χ4n) is 1.93. The Balaban J connectivity index is 2.31. The summed E-state index contributed by atoms with van der Waals surface area (Å²) in [5.74, 6) is 2.47. The van der Waals surface area contributed by atoms with E-state index in [-0.39, 0.29) is 11.6 Å². The highest BCUT2D eigenvalue weighted by Gasteiger charge is 2.25. The van der Waals surface area contributed by atoms with Gasteiger partial charge in [0.1, 0.15) is 5.60 Å². The van der Waals surface area contributed by atoms with Crippen molar-refractivity contribution in [3.05, 3.63) is 0 Å². The monoisotopic (exact) mass is 288 g/mol. The predicted octanol–water partition coefficient (Wildman–Crippen LogP) is 2.77. The summed E-state index contributed by atoms with van der Waals surface area (Å²) >= 11 is 2.02. The van der Waals surface area contributed by atoms with Crippen molar-refractivity contribution in [1.82, 2.24) is 10.6 Å². The van der Waals surface area contributed by atoms with Gasteiger partial charge in [0.25, 0.3) is 0 Å². The van der Waals surface area contributed by atoms with Gasteiger partial charge in [-0.3, -0.25) is 0 Å². The van der Waals surface area contributed by atoms with Crippen LogP contribution in [0.15, 0.2) is 0 Å². The van der Waals surface area contributed by atoms with Gasteiger partial charge in [0.05, 0.1) is 5.54 Å². The highest BCUT2D eigenvalue weighted by molar-refractivity contribution is 7.99. The first-order valence-electron chi connectivity index (χ1n) is 7.00. The topological polar surface area (TPSA) is 50.4 Å². The van der Waals surface area contributed by atoms with Crippen LogP contribution in [0.1, 0.15) is 47.5 Å². The average molecular weight is 288 g/mol. The van der Waals surface area contributed by atoms with Crippen LogP contribution < -0.4 is 10.6 Å². The van der Waals surface area contributed by atoms with E-state index >= 15 is 0 Å². The summed E-state index contributed by atoms with van der Waals surface area (Å²) in [6, 6.07) is 0.584. The number of amides is 1. The van der Waals surface area contributed by atoms with Crippen LogP contribution in [0.5, 0.6) is 0 Å². The zero-order valence-corrected chi connectivity index (χ0v) is 13.7. The van der Waals surface area contributed by atoms with E-state index in [1.165, 1.54) is 24.3 Å². The fraction of sp³-hybridized carbons (Fsp3) is 0.929. The molecule has 0 aliphatic carbocycles. The molecular formula is C14H28N2O2S. The van der Waals surface area contributed by atoms with E-state index in [1.54, 1.807) is 0 Å². The molecule has 1 rings (SSSR count). The van der Waals surface area contributed by atoms with Crippen LogP contribution in [-0.4, -0.2) is 41.3 Å². The van der Waals surface area contributed by atoms with Gasteiger partial charge in [-0.05, 0) is 59.0 Å². The number of carbonyl (C=O) groups excluding carboxylic acids is 1. The van der Waals surface area contributed by atoms with E-state index in [9.17, 15) is 4.79 Å². The Hall–Kier alpha value is -0.420. The Kier molecular flexibility index (Phi) is 5.99. The van der Waals surface area contributed by atoms with E-state index < -0.39 is 5.60 Å². The van der Waals surface area contributed by atoms with Crippen LogP contribution >= 0.6 is 11.8 Å². The van der Waals surface area contributed by atoms with Crippen LogP contribution in [0, 0.1) is 0 Å². The summed E-state index contributed by atoms with van der Waals surface area (Å²) in [4.78, 5) is 11.8. The van der Waals surface area contributed by atoms with Crippen LogP contribution in [0.3, 0.4) is 0 Å². The minimum absolute atomic E-state index is 0.299. The Morgan fingerprint density at radius 1 is 1.21 bits per heavy atom. The summed E-state index contributed by atoms with van der Waals surface area (Å²) in [5.41, 5.74) is -0.749. The number of hydrogen-bond acceptors (Lipinski definition) is 4. The molecule has 1 saturated heterocycles. The quantitative estimate of drug-likeness (QED) is 0.835. The first kappa shape index (κ1) is 16.6. The highest BCUT2D eigenvalue weighted by atomic mass is 32.2. The normalized spacial score (nSPS) is 18.2. The molecule has 0 radical (unpaired) electrons. The third kappa shape index (κ3) is 7.67. The second kappa shape index (κ2) is 6.84. The Bertz CT molecular complexity index is 294. The lowest BCUT2D eigenvalue weighted by Gasteiger charge is -2.31. The SMILES string of the molecule is CC(C)(CNC1CCSCC1)NC(=O)OC(C)(C)C. The zero-order valence-electron chi connectivity index (χ0n) is 12.8. The molecule has 2 N–H and O–H groups in total. The van der Waals surface area contributed by atoms with Crippen LogP contribution in [0.4, 0.5) is 4.79 Å².